The third-order valence-electron chi connectivity index (χ3n) is 6.03. The molecule has 0 atom stereocenters. The van der Waals surface area contributed by atoms with Crippen molar-refractivity contribution in [2.24, 2.45) is 7.05 Å². The summed E-state index contributed by atoms with van der Waals surface area (Å²) in [5, 5.41) is 8.04. The minimum atomic E-state index is -0.190. The van der Waals surface area contributed by atoms with Gasteiger partial charge >= 0.3 is 0 Å². The van der Waals surface area contributed by atoms with E-state index in [0.717, 1.165) is 53.7 Å². The number of hydrogen-bond acceptors (Lipinski definition) is 6. The van der Waals surface area contributed by atoms with E-state index in [4.69, 9.17) is 0 Å². The minimum Gasteiger partial charge on any atom is -0.307 e. The van der Waals surface area contributed by atoms with Gasteiger partial charge in [-0.1, -0.05) is 0 Å². The normalized spacial score (nSPS) is 15.2. The highest BCUT2D eigenvalue weighted by Crippen LogP contribution is 2.27. The van der Waals surface area contributed by atoms with Crippen LogP contribution in [0.25, 0.3) is 22.0 Å². The number of hydrogen-bond donors (Lipinski definition) is 1. The Morgan fingerprint density at radius 1 is 1.00 bits per heavy atom. The molecule has 0 unspecified atom stereocenters. The van der Waals surface area contributed by atoms with Crippen molar-refractivity contribution in [1.82, 2.24) is 29.6 Å². The van der Waals surface area contributed by atoms with Crippen LogP contribution in [0.4, 0.5) is 5.82 Å². The standard InChI is InChI=1S/C24H25N7O/c1-30-7-4-16(5-8-30)21-10-17(3-6-25-21)24(32)29-23-11-18-9-19(12-26-22(18)14-27-23)20-13-28-31(2)15-20/h3,6,9-16H,4-5,7-8H2,1-2H3,(H,27,29,32). The second kappa shape index (κ2) is 8.47. The van der Waals surface area contributed by atoms with Crippen molar-refractivity contribution in [1.29, 1.82) is 0 Å². The molecule has 1 fully saturated rings. The number of aryl methyl sites for hydroxylation is 1. The molecule has 1 saturated heterocycles. The molecule has 0 saturated carbocycles. The van der Waals surface area contributed by atoms with Gasteiger partial charge in [-0.25, -0.2) is 4.98 Å². The van der Waals surface area contributed by atoms with Gasteiger partial charge in [0.25, 0.3) is 5.91 Å². The van der Waals surface area contributed by atoms with Gasteiger partial charge in [0.2, 0.25) is 0 Å². The summed E-state index contributed by atoms with van der Waals surface area (Å²) < 4.78 is 1.76. The summed E-state index contributed by atoms with van der Waals surface area (Å²) in [7, 11) is 4.02. The zero-order valence-corrected chi connectivity index (χ0v) is 18.2. The van der Waals surface area contributed by atoms with Crippen LogP contribution in [0.15, 0.2) is 55.2 Å². The molecule has 1 aliphatic heterocycles. The van der Waals surface area contributed by atoms with Gasteiger partial charge < -0.3 is 10.2 Å². The van der Waals surface area contributed by atoms with Crippen molar-refractivity contribution in [2.75, 3.05) is 25.5 Å². The van der Waals surface area contributed by atoms with Gasteiger partial charge in [0, 0.05) is 59.3 Å². The van der Waals surface area contributed by atoms with E-state index in [2.05, 4.69) is 37.3 Å². The van der Waals surface area contributed by atoms with Gasteiger partial charge in [-0.05, 0) is 57.2 Å². The quantitative estimate of drug-likeness (QED) is 0.536. The van der Waals surface area contributed by atoms with E-state index in [1.807, 2.05) is 31.4 Å². The fraction of sp³-hybridized carbons (Fsp3) is 0.292. The molecule has 4 aromatic heterocycles. The minimum absolute atomic E-state index is 0.190. The third kappa shape index (κ3) is 4.22. The van der Waals surface area contributed by atoms with Crippen molar-refractivity contribution < 1.29 is 4.79 Å². The van der Waals surface area contributed by atoms with Crippen molar-refractivity contribution in [3.8, 4) is 11.1 Å². The van der Waals surface area contributed by atoms with Crippen LogP contribution in [0.1, 0.15) is 34.8 Å². The van der Waals surface area contributed by atoms with Crippen molar-refractivity contribution in [3.63, 3.8) is 0 Å². The molecule has 1 aliphatic rings. The predicted molar refractivity (Wildman–Crippen MR) is 123 cm³/mol. The van der Waals surface area contributed by atoms with Crippen LogP contribution in [-0.4, -0.2) is 55.7 Å². The molecule has 0 spiro atoms. The van der Waals surface area contributed by atoms with Crippen LogP contribution in [0, 0.1) is 0 Å². The second-order valence-corrected chi connectivity index (χ2v) is 8.39. The number of rotatable bonds is 4. The molecular weight excluding hydrogens is 402 g/mol. The second-order valence-electron chi connectivity index (χ2n) is 8.39. The summed E-state index contributed by atoms with van der Waals surface area (Å²) in [6, 6.07) is 7.53. The van der Waals surface area contributed by atoms with E-state index in [1.54, 1.807) is 35.5 Å². The van der Waals surface area contributed by atoms with E-state index >= 15 is 0 Å². The molecular formula is C24H25N7O. The number of piperidine rings is 1. The molecule has 0 aliphatic carbocycles. The molecule has 8 nitrogen and oxygen atoms in total. The number of pyridine rings is 3. The smallest absolute Gasteiger partial charge is 0.256 e. The average Bonchev–Trinajstić information content (AvgIpc) is 3.25. The lowest BCUT2D eigenvalue weighted by atomic mass is 9.92. The van der Waals surface area contributed by atoms with Crippen LogP contribution in [0.2, 0.25) is 0 Å². The lowest BCUT2D eigenvalue weighted by molar-refractivity contribution is 0.102. The molecule has 5 heterocycles. The van der Waals surface area contributed by atoms with Gasteiger partial charge in [-0.2, -0.15) is 5.10 Å². The highest BCUT2D eigenvalue weighted by atomic mass is 16.1. The van der Waals surface area contributed by atoms with E-state index < -0.39 is 0 Å². The van der Waals surface area contributed by atoms with E-state index in [0.29, 0.717) is 17.3 Å². The maximum atomic E-state index is 12.9. The first-order valence-electron chi connectivity index (χ1n) is 10.8. The first kappa shape index (κ1) is 20.3. The summed E-state index contributed by atoms with van der Waals surface area (Å²) in [6.07, 6.45) is 11.1. The summed E-state index contributed by atoms with van der Waals surface area (Å²) >= 11 is 0. The molecule has 0 bridgehead atoms. The van der Waals surface area contributed by atoms with Crippen LogP contribution in [0.3, 0.4) is 0 Å². The summed E-state index contributed by atoms with van der Waals surface area (Å²) in [5.74, 6) is 0.699. The van der Waals surface area contributed by atoms with Gasteiger partial charge in [-0.15, -0.1) is 0 Å². The number of nitrogens with zero attached hydrogens (tertiary/aromatic N) is 6. The maximum absolute atomic E-state index is 12.9. The third-order valence-corrected chi connectivity index (χ3v) is 6.03. The Kier molecular flexibility index (Phi) is 5.36. The number of likely N-dealkylation sites (tertiary alicyclic amines) is 1. The van der Waals surface area contributed by atoms with Crippen LogP contribution >= 0.6 is 0 Å². The molecule has 0 radical (unpaired) electrons. The molecule has 1 N–H and O–H groups in total. The Balaban J connectivity index is 1.36. The Morgan fingerprint density at radius 2 is 1.84 bits per heavy atom. The number of carbonyl (C=O) groups is 1. The van der Waals surface area contributed by atoms with Gasteiger partial charge in [0.1, 0.15) is 5.82 Å². The average molecular weight is 428 g/mol. The molecule has 0 aromatic carbocycles. The highest BCUT2D eigenvalue weighted by Gasteiger charge is 2.20. The Hall–Kier alpha value is -3.65. The zero-order chi connectivity index (χ0) is 22.1. The summed E-state index contributed by atoms with van der Waals surface area (Å²) in [5.41, 5.74) is 4.30. The largest absolute Gasteiger partial charge is 0.307 e. The molecule has 8 heteroatoms. The molecule has 1 amide bonds. The van der Waals surface area contributed by atoms with E-state index in [1.165, 1.54) is 0 Å². The molecule has 4 aromatic rings. The number of anilines is 1. The number of amides is 1. The van der Waals surface area contributed by atoms with Gasteiger partial charge in [0.15, 0.2) is 0 Å². The lowest BCUT2D eigenvalue weighted by Crippen LogP contribution is -2.29. The first-order chi connectivity index (χ1) is 15.5. The zero-order valence-electron chi connectivity index (χ0n) is 18.2. The van der Waals surface area contributed by atoms with Crippen LogP contribution in [0.5, 0.6) is 0 Å². The monoisotopic (exact) mass is 427 g/mol. The topological polar surface area (TPSA) is 88.8 Å². The predicted octanol–water partition coefficient (Wildman–Crippen LogP) is 3.49. The SMILES string of the molecule is CN1CCC(c2cc(C(=O)Nc3cc4cc(-c5cnn(C)c5)cnc4cn3)ccn2)CC1. The highest BCUT2D eigenvalue weighted by molar-refractivity contribution is 6.04. The van der Waals surface area contributed by atoms with Crippen molar-refractivity contribution in [3.05, 3.63) is 66.5 Å². The summed E-state index contributed by atoms with van der Waals surface area (Å²) in [4.78, 5) is 28.6. The van der Waals surface area contributed by atoms with Gasteiger partial charge in [0.05, 0.1) is 17.9 Å². The fourth-order valence-electron chi connectivity index (χ4n) is 4.13. The molecule has 5 rings (SSSR count). The van der Waals surface area contributed by atoms with Crippen molar-refractivity contribution >= 4 is 22.6 Å². The number of fused-ring (bicyclic) bond motifs is 1. The Bertz CT molecular complexity index is 1270. The van der Waals surface area contributed by atoms with Crippen LogP contribution < -0.4 is 5.32 Å². The Labute approximate surface area is 186 Å². The Morgan fingerprint density at radius 3 is 2.62 bits per heavy atom. The van der Waals surface area contributed by atoms with Crippen molar-refractivity contribution in [2.45, 2.75) is 18.8 Å². The number of nitrogens with one attached hydrogen (secondary N) is 1. The van der Waals surface area contributed by atoms with Gasteiger partial charge in [-0.3, -0.25) is 19.4 Å². The molecule has 162 valence electrons. The van der Waals surface area contributed by atoms with E-state index in [9.17, 15) is 4.79 Å². The maximum Gasteiger partial charge on any atom is 0.256 e. The lowest BCUT2D eigenvalue weighted by Gasteiger charge is -2.28. The molecule has 32 heavy (non-hydrogen) atoms. The van der Waals surface area contributed by atoms with Crippen LogP contribution in [-0.2, 0) is 7.05 Å². The van der Waals surface area contributed by atoms with E-state index in [-0.39, 0.29) is 5.91 Å². The summed E-state index contributed by atoms with van der Waals surface area (Å²) in [6.45, 7) is 2.11. The number of aromatic nitrogens is 5. The first-order valence-corrected chi connectivity index (χ1v) is 10.8. The number of carbonyl (C=O) groups excluding carboxylic acids is 1. The fourth-order valence-corrected chi connectivity index (χ4v) is 4.13.